The predicted octanol–water partition coefficient (Wildman–Crippen LogP) is 2.14. The van der Waals surface area contributed by atoms with E-state index >= 15 is 0 Å². The van der Waals surface area contributed by atoms with Crippen molar-refractivity contribution in [1.82, 2.24) is 9.88 Å². The van der Waals surface area contributed by atoms with Crippen LogP contribution in [0.3, 0.4) is 0 Å². The Morgan fingerprint density at radius 2 is 2.17 bits per heavy atom. The number of benzene rings is 1. The number of nitriles is 1. The molecule has 0 radical (unpaired) electrons. The van der Waals surface area contributed by atoms with Gasteiger partial charge in [-0.25, -0.2) is 9.78 Å². The second kappa shape index (κ2) is 5.43. The molecule has 1 unspecified atom stereocenters. The molecule has 116 valence electrons. The number of hydrogen-bond donors (Lipinski definition) is 0. The molecule has 6 heteroatoms. The average Bonchev–Trinajstić information content (AvgIpc) is 3.22. The number of carbonyl (C=O) groups is 1. The van der Waals surface area contributed by atoms with Crippen LogP contribution in [0.2, 0.25) is 0 Å². The summed E-state index contributed by atoms with van der Waals surface area (Å²) in [6.45, 7) is 2.68. The maximum absolute atomic E-state index is 11.7. The van der Waals surface area contributed by atoms with Gasteiger partial charge in [-0.3, -0.25) is 4.90 Å². The number of hydrogen-bond acceptors (Lipinski definition) is 5. The summed E-state index contributed by atoms with van der Waals surface area (Å²) in [5.41, 5.74) is 1.46. The summed E-state index contributed by atoms with van der Waals surface area (Å²) in [6, 6.07) is 11.9. The first-order chi connectivity index (χ1) is 11.3. The van der Waals surface area contributed by atoms with Crippen molar-refractivity contribution in [3.63, 3.8) is 0 Å². The Morgan fingerprint density at radius 1 is 1.30 bits per heavy atom. The fourth-order valence-corrected chi connectivity index (χ4v) is 3.36. The zero-order valence-electron chi connectivity index (χ0n) is 12.6. The van der Waals surface area contributed by atoms with Gasteiger partial charge in [0.25, 0.3) is 0 Å². The largest absolute Gasteiger partial charge is 0.448 e. The number of cyclic esters (lactones) is 1. The number of rotatable bonds is 2. The van der Waals surface area contributed by atoms with Gasteiger partial charge in [0.05, 0.1) is 29.7 Å². The molecule has 1 atom stereocenters. The van der Waals surface area contributed by atoms with Gasteiger partial charge in [-0.05, 0) is 18.6 Å². The zero-order valence-corrected chi connectivity index (χ0v) is 12.6. The van der Waals surface area contributed by atoms with Crippen LogP contribution in [0.25, 0.3) is 10.9 Å². The summed E-state index contributed by atoms with van der Waals surface area (Å²) in [5, 5.41) is 10.3. The number of fused-ring (bicyclic) bond motifs is 1. The predicted molar refractivity (Wildman–Crippen MR) is 85.1 cm³/mol. The van der Waals surface area contributed by atoms with Gasteiger partial charge in [-0.1, -0.05) is 18.2 Å². The minimum Gasteiger partial charge on any atom is -0.448 e. The molecular weight excluding hydrogens is 292 g/mol. The highest BCUT2D eigenvalue weighted by molar-refractivity contribution is 5.86. The number of carbonyl (C=O) groups excluding carboxylic acids is 1. The van der Waals surface area contributed by atoms with E-state index in [9.17, 15) is 10.1 Å². The van der Waals surface area contributed by atoms with Crippen molar-refractivity contribution < 1.29 is 9.53 Å². The van der Waals surface area contributed by atoms with E-state index in [1.807, 2.05) is 30.3 Å². The molecule has 2 fully saturated rings. The van der Waals surface area contributed by atoms with Gasteiger partial charge in [0, 0.05) is 18.5 Å². The second-order valence-corrected chi connectivity index (χ2v) is 5.85. The Labute approximate surface area is 133 Å². The fourth-order valence-electron chi connectivity index (χ4n) is 3.36. The van der Waals surface area contributed by atoms with Gasteiger partial charge < -0.3 is 9.64 Å². The lowest BCUT2D eigenvalue weighted by Crippen LogP contribution is -2.38. The van der Waals surface area contributed by atoms with E-state index < -0.39 is 0 Å². The van der Waals surface area contributed by atoms with E-state index in [4.69, 9.17) is 4.74 Å². The lowest BCUT2D eigenvalue weighted by molar-refractivity contribution is 0.150. The Morgan fingerprint density at radius 3 is 2.96 bits per heavy atom. The molecule has 23 heavy (non-hydrogen) atoms. The molecule has 0 saturated carbocycles. The number of pyridine rings is 1. The fraction of sp³-hybridized carbons (Fsp3) is 0.353. The first-order valence-electron chi connectivity index (χ1n) is 7.74. The molecule has 4 rings (SSSR count). The molecule has 0 aliphatic carbocycles. The summed E-state index contributed by atoms with van der Waals surface area (Å²) in [6.07, 6.45) is 0.673. The molecule has 2 aromatic rings. The van der Waals surface area contributed by atoms with Crippen molar-refractivity contribution in [3.8, 4) is 6.07 Å². The Kier molecular flexibility index (Phi) is 3.27. The summed E-state index contributed by atoms with van der Waals surface area (Å²) < 4.78 is 5.02. The van der Waals surface area contributed by atoms with Crippen LogP contribution in [0.4, 0.5) is 10.6 Å². The zero-order chi connectivity index (χ0) is 15.8. The SMILES string of the molecule is N#Cc1cc(N2CCC(N3CCOC3=O)C2)nc2ccccc12. The third-order valence-corrected chi connectivity index (χ3v) is 4.54. The summed E-state index contributed by atoms with van der Waals surface area (Å²) in [5.74, 6) is 0.801. The quantitative estimate of drug-likeness (QED) is 0.850. The number of aromatic nitrogens is 1. The van der Waals surface area contributed by atoms with Crippen molar-refractivity contribution in [3.05, 3.63) is 35.9 Å². The Balaban J connectivity index is 1.63. The number of nitrogens with zero attached hydrogens (tertiary/aromatic N) is 4. The molecular formula is C17H16N4O2. The summed E-state index contributed by atoms with van der Waals surface area (Å²) in [4.78, 5) is 20.3. The lowest BCUT2D eigenvalue weighted by Gasteiger charge is -2.22. The molecule has 1 amide bonds. The lowest BCUT2D eigenvalue weighted by atomic mass is 10.1. The number of para-hydroxylation sites is 1. The maximum atomic E-state index is 11.7. The smallest absolute Gasteiger partial charge is 0.410 e. The number of ether oxygens (including phenoxy) is 1. The van der Waals surface area contributed by atoms with Gasteiger partial charge in [0.1, 0.15) is 12.4 Å². The van der Waals surface area contributed by atoms with Crippen molar-refractivity contribution in [1.29, 1.82) is 5.26 Å². The van der Waals surface area contributed by atoms with Crippen LogP contribution in [-0.4, -0.2) is 48.3 Å². The van der Waals surface area contributed by atoms with Crippen LogP contribution in [0.5, 0.6) is 0 Å². The van der Waals surface area contributed by atoms with Gasteiger partial charge in [0.2, 0.25) is 0 Å². The van der Waals surface area contributed by atoms with E-state index in [0.717, 1.165) is 36.2 Å². The van der Waals surface area contributed by atoms with Crippen molar-refractivity contribution in [2.24, 2.45) is 0 Å². The molecule has 0 N–H and O–H groups in total. The van der Waals surface area contributed by atoms with Gasteiger partial charge in [-0.15, -0.1) is 0 Å². The third-order valence-electron chi connectivity index (χ3n) is 4.54. The number of anilines is 1. The minimum atomic E-state index is -0.221. The van der Waals surface area contributed by atoms with Crippen molar-refractivity contribution in [2.45, 2.75) is 12.5 Å². The molecule has 6 nitrogen and oxygen atoms in total. The molecule has 2 aliphatic heterocycles. The normalized spacial score (nSPS) is 20.8. The second-order valence-electron chi connectivity index (χ2n) is 5.85. The summed E-state index contributed by atoms with van der Waals surface area (Å²) >= 11 is 0. The van der Waals surface area contributed by atoms with Crippen molar-refractivity contribution in [2.75, 3.05) is 31.1 Å². The van der Waals surface area contributed by atoms with Gasteiger partial charge in [0.15, 0.2) is 0 Å². The third kappa shape index (κ3) is 2.34. The highest BCUT2D eigenvalue weighted by Crippen LogP contribution is 2.27. The van der Waals surface area contributed by atoms with Crippen molar-refractivity contribution >= 4 is 22.8 Å². The molecule has 0 bridgehead atoms. The van der Waals surface area contributed by atoms with E-state index in [-0.39, 0.29) is 12.1 Å². The monoisotopic (exact) mass is 308 g/mol. The minimum absolute atomic E-state index is 0.156. The molecule has 2 aliphatic rings. The standard InChI is InChI=1S/C17H16N4O2/c18-10-12-9-16(19-15-4-2-1-3-14(12)15)20-6-5-13(11-20)21-7-8-23-17(21)22/h1-4,9,13H,5-8,11H2. The Bertz CT molecular complexity index is 814. The summed E-state index contributed by atoms with van der Waals surface area (Å²) in [7, 11) is 0. The molecule has 0 spiro atoms. The first kappa shape index (κ1) is 13.8. The van der Waals surface area contributed by atoms with E-state index in [1.54, 1.807) is 4.90 Å². The highest BCUT2D eigenvalue weighted by Gasteiger charge is 2.35. The molecule has 2 saturated heterocycles. The van der Waals surface area contributed by atoms with Gasteiger partial charge in [-0.2, -0.15) is 5.26 Å². The van der Waals surface area contributed by atoms with Crippen LogP contribution in [-0.2, 0) is 4.74 Å². The van der Waals surface area contributed by atoms with Gasteiger partial charge >= 0.3 is 6.09 Å². The highest BCUT2D eigenvalue weighted by atomic mass is 16.6. The van der Waals surface area contributed by atoms with Crippen LogP contribution < -0.4 is 4.90 Å². The topological polar surface area (TPSA) is 69.5 Å². The number of amides is 1. The molecule has 3 heterocycles. The van der Waals surface area contributed by atoms with E-state index in [2.05, 4.69) is 16.0 Å². The van der Waals surface area contributed by atoms with Crippen LogP contribution >= 0.6 is 0 Å². The Hall–Kier alpha value is -2.81. The van der Waals surface area contributed by atoms with E-state index in [0.29, 0.717) is 18.7 Å². The molecule has 1 aromatic heterocycles. The van der Waals surface area contributed by atoms with E-state index in [1.165, 1.54) is 0 Å². The van der Waals surface area contributed by atoms with Crippen LogP contribution in [0.1, 0.15) is 12.0 Å². The molecule has 1 aromatic carbocycles. The van der Waals surface area contributed by atoms with Crippen LogP contribution in [0.15, 0.2) is 30.3 Å². The maximum Gasteiger partial charge on any atom is 0.410 e. The average molecular weight is 308 g/mol. The van der Waals surface area contributed by atoms with Crippen LogP contribution in [0, 0.1) is 11.3 Å². The first-order valence-corrected chi connectivity index (χ1v) is 7.74.